The Balaban J connectivity index is 1.44. The fraction of sp³-hybridized carbons (Fsp3) is 0.391. The number of carbonyl (C=O) groups is 2. The first-order chi connectivity index (χ1) is 15.8. The molecule has 33 heavy (non-hydrogen) atoms. The summed E-state index contributed by atoms with van der Waals surface area (Å²) in [5, 5.41) is 2.78. The molecule has 1 aliphatic rings. The fourth-order valence-corrected chi connectivity index (χ4v) is 5.14. The van der Waals surface area contributed by atoms with E-state index < -0.39 is 10.0 Å². The molecule has 2 aromatic carbocycles. The lowest BCUT2D eigenvalue weighted by atomic mass is 10.2. The minimum atomic E-state index is -3.44. The molecule has 0 radical (unpaired) electrons. The second-order valence-corrected chi connectivity index (χ2v) is 9.94. The van der Waals surface area contributed by atoms with Gasteiger partial charge in [0.25, 0.3) is 0 Å². The number of rotatable bonds is 9. The van der Waals surface area contributed by atoms with Gasteiger partial charge in [0.2, 0.25) is 21.8 Å². The third kappa shape index (κ3) is 7.28. The number of piperazine rings is 1. The molecule has 3 rings (SSSR count). The Morgan fingerprint density at radius 3 is 2.36 bits per heavy atom. The number of hydrogen-bond acceptors (Lipinski definition) is 6. The van der Waals surface area contributed by atoms with Gasteiger partial charge >= 0.3 is 0 Å². The zero-order valence-corrected chi connectivity index (χ0v) is 19.8. The topological polar surface area (TPSA) is 99.3 Å². The highest BCUT2D eigenvalue weighted by Gasteiger charge is 2.29. The number of likely N-dealkylation sites (N-methyl/N-ethyl adjacent to an activating group) is 1. The number of carbonyl (C=O) groups excluding carboxylic acids is 2. The molecule has 1 heterocycles. The molecule has 2 amide bonds. The Bertz CT molecular complexity index is 1050. The number of anilines is 1. The largest absolute Gasteiger partial charge is 0.497 e. The van der Waals surface area contributed by atoms with Crippen LogP contribution >= 0.6 is 0 Å². The Morgan fingerprint density at radius 1 is 1.00 bits per heavy atom. The van der Waals surface area contributed by atoms with Crippen LogP contribution < -0.4 is 10.1 Å². The molecule has 10 heteroatoms. The van der Waals surface area contributed by atoms with Crippen LogP contribution in [0.3, 0.4) is 0 Å². The normalized spacial score (nSPS) is 14.8. The van der Waals surface area contributed by atoms with E-state index in [1.165, 1.54) is 4.31 Å². The first kappa shape index (κ1) is 24.7. The van der Waals surface area contributed by atoms with Gasteiger partial charge in [0.05, 0.1) is 26.0 Å². The monoisotopic (exact) mass is 474 g/mol. The maximum atomic E-state index is 12.7. The Morgan fingerprint density at radius 2 is 1.70 bits per heavy atom. The van der Waals surface area contributed by atoms with Crippen molar-refractivity contribution in [3.63, 3.8) is 0 Å². The molecule has 0 aliphatic carbocycles. The van der Waals surface area contributed by atoms with E-state index >= 15 is 0 Å². The molecule has 2 aromatic rings. The van der Waals surface area contributed by atoms with Crippen molar-refractivity contribution in [2.24, 2.45) is 0 Å². The summed E-state index contributed by atoms with van der Waals surface area (Å²) in [6.07, 6.45) is 0. The standard InChI is InChI=1S/C23H30N4O5S/c1-25(16-22(28)24-20-9-6-10-21(15-20)32-2)17-23(29)26-11-13-27(14-12-26)33(30,31)18-19-7-4-3-5-8-19/h3-10,15H,11-14,16-18H2,1-2H3,(H,24,28). The highest BCUT2D eigenvalue weighted by atomic mass is 32.2. The molecule has 1 saturated heterocycles. The molecule has 9 nitrogen and oxygen atoms in total. The highest BCUT2D eigenvalue weighted by Crippen LogP contribution is 2.17. The van der Waals surface area contributed by atoms with Crippen LogP contribution in [0, 0.1) is 0 Å². The predicted molar refractivity (Wildman–Crippen MR) is 126 cm³/mol. The van der Waals surface area contributed by atoms with E-state index in [1.807, 2.05) is 18.2 Å². The number of ether oxygens (including phenoxy) is 1. The van der Waals surface area contributed by atoms with Crippen molar-refractivity contribution in [3.05, 3.63) is 60.2 Å². The lowest BCUT2D eigenvalue weighted by Gasteiger charge is -2.34. The Hall–Kier alpha value is -2.95. The average Bonchev–Trinajstić information content (AvgIpc) is 2.79. The second kappa shape index (κ2) is 11.3. The van der Waals surface area contributed by atoms with Crippen molar-refractivity contribution in [2.45, 2.75) is 5.75 Å². The van der Waals surface area contributed by atoms with Crippen LogP contribution in [0.4, 0.5) is 5.69 Å². The van der Waals surface area contributed by atoms with Gasteiger partial charge in [0.15, 0.2) is 0 Å². The number of hydrogen-bond donors (Lipinski definition) is 1. The number of nitrogens with one attached hydrogen (secondary N) is 1. The predicted octanol–water partition coefficient (Wildman–Crippen LogP) is 1.24. The summed E-state index contributed by atoms with van der Waals surface area (Å²) in [5.74, 6) is 0.218. The van der Waals surface area contributed by atoms with Crippen molar-refractivity contribution in [2.75, 3.05) is 58.7 Å². The molecule has 0 unspecified atom stereocenters. The van der Waals surface area contributed by atoms with E-state index in [1.54, 1.807) is 60.4 Å². The molecule has 0 bridgehead atoms. The van der Waals surface area contributed by atoms with E-state index in [0.717, 1.165) is 5.56 Å². The third-order valence-corrected chi connectivity index (χ3v) is 7.20. The number of sulfonamides is 1. The van der Waals surface area contributed by atoms with Crippen LogP contribution in [0.15, 0.2) is 54.6 Å². The molecule has 0 saturated carbocycles. The summed E-state index contributed by atoms with van der Waals surface area (Å²) in [7, 11) is -0.184. The summed E-state index contributed by atoms with van der Waals surface area (Å²) in [6.45, 7) is 1.31. The van der Waals surface area contributed by atoms with Gasteiger partial charge in [0, 0.05) is 37.9 Å². The lowest BCUT2D eigenvalue weighted by Crippen LogP contribution is -2.52. The first-order valence-corrected chi connectivity index (χ1v) is 12.3. The molecular weight excluding hydrogens is 444 g/mol. The van der Waals surface area contributed by atoms with Gasteiger partial charge in [0.1, 0.15) is 5.75 Å². The van der Waals surface area contributed by atoms with Gasteiger partial charge < -0.3 is 15.0 Å². The molecular formula is C23H30N4O5S. The quantitative estimate of drug-likeness (QED) is 0.587. The van der Waals surface area contributed by atoms with Crippen molar-refractivity contribution in [1.82, 2.24) is 14.1 Å². The zero-order valence-electron chi connectivity index (χ0n) is 18.9. The number of nitrogens with zero attached hydrogens (tertiary/aromatic N) is 3. The molecule has 178 valence electrons. The smallest absolute Gasteiger partial charge is 0.238 e. The van der Waals surface area contributed by atoms with E-state index in [-0.39, 0.29) is 43.7 Å². The lowest BCUT2D eigenvalue weighted by molar-refractivity contribution is -0.133. The Kier molecular flexibility index (Phi) is 8.43. The van der Waals surface area contributed by atoms with E-state index in [9.17, 15) is 18.0 Å². The van der Waals surface area contributed by atoms with Crippen LogP contribution in [0.5, 0.6) is 5.75 Å². The van der Waals surface area contributed by atoms with Gasteiger partial charge in [-0.3, -0.25) is 14.5 Å². The van der Waals surface area contributed by atoms with Crippen LogP contribution in [0.25, 0.3) is 0 Å². The SMILES string of the molecule is COc1cccc(NC(=O)CN(C)CC(=O)N2CCN(S(=O)(=O)Cc3ccccc3)CC2)c1. The minimum absolute atomic E-state index is 0.0487. The van der Waals surface area contributed by atoms with Crippen molar-refractivity contribution < 1.29 is 22.7 Å². The summed E-state index contributed by atoms with van der Waals surface area (Å²) in [5.41, 5.74) is 1.36. The van der Waals surface area contributed by atoms with Gasteiger partial charge in [-0.15, -0.1) is 0 Å². The maximum Gasteiger partial charge on any atom is 0.238 e. The summed E-state index contributed by atoms with van der Waals surface area (Å²) < 4.78 is 31.9. The third-order valence-electron chi connectivity index (χ3n) is 5.35. The van der Waals surface area contributed by atoms with Crippen LogP contribution in [0.1, 0.15) is 5.56 Å². The minimum Gasteiger partial charge on any atom is -0.497 e. The highest BCUT2D eigenvalue weighted by molar-refractivity contribution is 7.88. The van der Waals surface area contributed by atoms with Crippen molar-refractivity contribution in [1.29, 1.82) is 0 Å². The van der Waals surface area contributed by atoms with Gasteiger partial charge in [-0.2, -0.15) is 4.31 Å². The summed E-state index contributed by atoms with van der Waals surface area (Å²) in [4.78, 5) is 28.2. The fourth-order valence-electron chi connectivity index (χ4n) is 3.63. The molecule has 0 spiro atoms. The number of methoxy groups -OCH3 is 1. The van der Waals surface area contributed by atoms with Gasteiger partial charge in [-0.1, -0.05) is 36.4 Å². The molecule has 1 fully saturated rings. The van der Waals surface area contributed by atoms with Gasteiger partial charge in [-0.25, -0.2) is 8.42 Å². The second-order valence-electron chi connectivity index (χ2n) is 7.97. The maximum absolute atomic E-state index is 12.7. The molecule has 0 aromatic heterocycles. The van der Waals surface area contributed by atoms with Crippen LogP contribution in [-0.2, 0) is 25.4 Å². The van der Waals surface area contributed by atoms with Crippen molar-refractivity contribution >= 4 is 27.5 Å². The van der Waals surface area contributed by atoms with Gasteiger partial charge in [-0.05, 0) is 24.7 Å². The van der Waals surface area contributed by atoms with E-state index in [2.05, 4.69) is 5.32 Å². The summed E-state index contributed by atoms with van der Waals surface area (Å²) in [6, 6.07) is 16.1. The summed E-state index contributed by atoms with van der Waals surface area (Å²) >= 11 is 0. The van der Waals surface area contributed by atoms with E-state index in [0.29, 0.717) is 24.5 Å². The van der Waals surface area contributed by atoms with Crippen LogP contribution in [0.2, 0.25) is 0 Å². The average molecular weight is 475 g/mol. The molecule has 0 atom stereocenters. The zero-order chi connectivity index (χ0) is 23.8. The molecule has 1 N–H and O–H groups in total. The number of benzene rings is 2. The van der Waals surface area contributed by atoms with E-state index in [4.69, 9.17) is 4.74 Å². The van der Waals surface area contributed by atoms with Crippen molar-refractivity contribution in [3.8, 4) is 5.75 Å². The first-order valence-electron chi connectivity index (χ1n) is 10.7. The number of amides is 2. The van der Waals surface area contributed by atoms with Crippen LogP contribution in [-0.4, -0.2) is 87.8 Å². The Labute approximate surface area is 195 Å². The molecule has 1 aliphatic heterocycles.